The van der Waals surface area contributed by atoms with Crippen LogP contribution in [0.5, 0.6) is 0 Å². The maximum absolute atomic E-state index is 6.13. The lowest BCUT2D eigenvalue weighted by Gasteiger charge is -2.34. The summed E-state index contributed by atoms with van der Waals surface area (Å²) >= 11 is 1.94. The first kappa shape index (κ1) is 18.7. The van der Waals surface area contributed by atoms with Crippen LogP contribution in [0.4, 0.5) is 0 Å². The number of rotatable bonds is 8. The van der Waals surface area contributed by atoms with E-state index in [1.54, 1.807) is 0 Å². The SMILES string of the molecule is CCCCCN(C(C)C)C(CN)c1ccc(C(C)(C)C)s1. The van der Waals surface area contributed by atoms with E-state index in [-0.39, 0.29) is 5.41 Å². The van der Waals surface area contributed by atoms with Crippen LogP contribution in [-0.4, -0.2) is 24.0 Å². The summed E-state index contributed by atoms with van der Waals surface area (Å²) in [6.07, 6.45) is 3.84. The lowest BCUT2D eigenvalue weighted by atomic mass is 9.95. The van der Waals surface area contributed by atoms with Gasteiger partial charge in [0.15, 0.2) is 0 Å². The zero-order valence-electron chi connectivity index (χ0n) is 14.8. The molecule has 0 aliphatic heterocycles. The molecule has 0 radical (unpaired) electrons. The summed E-state index contributed by atoms with van der Waals surface area (Å²) in [4.78, 5) is 5.45. The predicted molar refractivity (Wildman–Crippen MR) is 96.2 cm³/mol. The Bertz CT molecular complexity index is 404. The molecule has 0 aromatic carbocycles. The summed E-state index contributed by atoms with van der Waals surface area (Å²) in [6.45, 7) is 15.5. The largest absolute Gasteiger partial charge is 0.329 e. The standard InChI is InChI=1S/C18H34N2S/c1-7-8-9-12-20(14(2)3)15(13-19)16-10-11-17(21-16)18(4,5)6/h10-11,14-15H,7-9,12-13,19H2,1-6H3. The molecule has 0 amide bonds. The summed E-state index contributed by atoms with van der Waals surface area (Å²) in [6, 6.07) is 5.48. The fourth-order valence-electron chi connectivity index (χ4n) is 2.67. The minimum absolute atomic E-state index is 0.229. The first-order valence-corrected chi connectivity index (χ1v) is 9.19. The zero-order valence-corrected chi connectivity index (χ0v) is 15.6. The number of thiophene rings is 1. The Morgan fingerprint density at radius 1 is 1.19 bits per heavy atom. The molecule has 0 aliphatic rings. The van der Waals surface area contributed by atoms with Gasteiger partial charge in [-0.05, 0) is 44.4 Å². The molecule has 0 saturated carbocycles. The smallest absolute Gasteiger partial charge is 0.0566 e. The molecule has 1 unspecified atom stereocenters. The third-order valence-corrected chi connectivity index (χ3v) is 5.61. The Labute approximate surface area is 135 Å². The topological polar surface area (TPSA) is 29.3 Å². The van der Waals surface area contributed by atoms with Crippen molar-refractivity contribution in [3.8, 4) is 0 Å². The molecule has 1 heterocycles. The van der Waals surface area contributed by atoms with Crippen molar-refractivity contribution in [2.75, 3.05) is 13.1 Å². The maximum atomic E-state index is 6.13. The summed E-state index contributed by atoms with van der Waals surface area (Å²) in [5.74, 6) is 0. The lowest BCUT2D eigenvalue weighted by Crippen LogP contribution is -2.39. The zero-order chi connectivity index (χ0) is 16.0. The van der Waals surface area contributed by atoms with Gasteiger partial charge in [0.2, 0.25) is 0 Å². The van der Waals surface area contributed by atoms with Gasteiger partial charge in [0.25, 0.3) is 0 Å². The van der Waals surface area contributed by atoms with Crippen molar-refractivity contribution >= 4 is 11.3 Å². The van der Waals surface area contributed by atoms with E-state index < -0.39 is 0 Å². The van der Waals surface area contributed by atoms with Crippen molar-refractivity contribution in [2.45, 2.75) is 78.3 Å². The molecule has 0 bridgehead atoms. The van der Waals surface area contributed by atoms with Crippen molar-refractivity contribution in [1.29, 1.82) is 0 Å². The summed E-state index contributed by atoms with van der Waals surface area (Å²) < 4.78 is 0. The van der Waals surface area contributed by atoms with E-state index in [0.717, 1.165) is 6.54 Å². The highest BCUT2D eigenvalue weighted by Crippen LogP contribution is 2.34. The summed E-state index contributed by atoms with van der Waals surface area (Å²) in [7, 11) is 0. The van der Waals surface area contributed by atoms with Crippen LogP contribution in [0.25, 0.3) is 0 Å². The van der Waals surface area contributed by atoms with Gasteiger partial charge in [0.05, 0.1) is 6.04 Å². The second kappa shape index (κ2) is 8.30. The molecule has 1 atom stereocenters. The van der Waals surface area contributed by atoms with Crippen molar-refractivity contribution in [2.24, 2.45) is 5.73 Å². The highest BCUT2D eigenvalue weighted by molar-refractivity contribution is 7.12. The third-order valence-electron chi connectivity index (χ3n) is 4.00. The van der Waals surface area contributed by atoms with Gasteiger partial charge in [-0.1, -0.05) is 40.5 Å². The number of hydrogen-bond acceptors (Lipinski definition) is 3. The van der Waals surface area contributed by atoms with Gasteiger partial charge in [-0.2, -0.15) is 0 Å². The predicted octanol–water partition coefficient (Wildman–Crippen LogP) is 4.95. The third kappa shape index (κ3) is 5.39. The Hall–Kier alpha value is -0.380. The van der Waals surface area contributed by atoms with E-state index in [4.69, 9.17) is 5.73 Å². The van der Waals surface area contributed by atoms with Crippen LogP contribution in [0.3, 0.4) is 0 Å². The van der Waals surface area contributed by atoms with Crippen molar-refractivity contribution in [3.05, 3.63) is 21.9 Å². The number of unbranched alkanes of at least 4 members (excludes halogenated alkanes) is 2. The molecular formula is C18H34N2S. The van der Waals surface area contributed by atoms with Crippen LogP contribution in [0.15, 0.2) is 12.1 Å². The van der Waals surface area contributed by atoms with E-state index in [9.17, 15) is 0 Å². The van der Waals surface area contributed by atoms with Gasteiger partial charge in [-0.25, -0.2) is 0 Å². The molecule has 0 fully saturated rings. The number of hydrogen-bond donors (Lipinski definition) is 1. The van der Waals surface area contributed by atoms with Gasteiger partial charge < -0.3 is 5.73 Å². The van der Waals surface area contributed by atoms with E-state index in [1.807, 2.05) is 11.3 Å². The van der Waals surface area contributed by atoms with E-state index in [2.05, 4.69) is 58.6 Å². The molecular weight excluding hydrogens is 276 g/mol. The van der Waals surface area contributed by atoms with Gasteiger partial charge in [-0.3, -0.25) is 4.90 Å². The molecule has 1 rings (SSSR count). The van der Waals surface area contributed by atoms with E-state index in [1.165, 1.54) is 29.0 Å². The summed E-state index contributed by atoms with van der Waals surface area (Å²) in [5.41, 5.74) is 6.36. The number of nitrogens with two attached hydrogens (primary N) is 1. The molecule has 122 valence electrons. The van der Waals surface area contributed by atoms with Crippen LogP contribution in [0.1, 0.15) is 76.6 Å². The number of nitrogens with zero attached hydrogens (tertiary/aromatic N) is 1. The van der Waals surface area contributed by atoms with Crippen molar-refractivity contribution in [3.63, 3.8) is 0 Å². The van der Waals surface area contributed by atoms with Crippen molar-refractivity contribution < 1.29 is 0 Å². The van der Waals surface area contributed by atoms with Crippen LogP contribution in [0, 0.1) is 0 Å². The Morgan fingerprint density at radius 3 is 2.29 bits per heavy atom. The monoisotopic (exact) mass is 310 g/mol. The molecule has 0 aliphatic carbocycles. The van der Waals surface area contributed by atoms with Gasteiger partial charge in [-0.15, -0.1) is 11.3 Å². The average molecular weight is 311 g/mol. The maximum Gasteiger partial charge on any atom is 0.0566 e. The van der Waals surface area contributed by atoms with Crippen LogP contribution < -0.4 is 5.73 Å². The van der Waals surface area contributed by atoms with Gasteiger partial charge >= 0.3 is 0 Å². The normalized spacial score (nSPS) is 14.1. The Balaban J connectivity index is 2.89. The first-order valence-electron chi connectivity index (χ1n) is 8.37. The minimum atomic E-state index is 0.229. The van der Waals surface area contributed by atoms with Crippen molar-refractivity contribution in [1.82, 2.24) is 4.90 Å². The highest BCUT2D eigenvalue weighted by Gasteiger charge is 2.24. The van der Waals surface area contributed by atoms with E-state index >= 15 is 0 Å². The van der Waals surface area contributed by atoms with E-state index in [0.29, 0.717) is 18.6 Å². The van der Waals surface area contributed by atoms with Crippen LogP contribution in [0.2, 0.25) is 0 Å². The molecule has 1 aromatic rings. The van der Waals surface area contributed by atoms with Crippen LogP contribution >= 0.6 is 11.3 Å². The highest BCUT2D eigenvalue weighted by atomic mass is 32.1. The fourth-order valence-corrected chi connectivity index (χ4v) is 3.87. The summed E-state index contributed by atoms with van der Waals surface area (Å²) in [5, 5.41) is 0. The molecule has 0 saturated heterocycles. The molecule has 0 spiro atoms. The molecule has 21 heavy (non-hydrogen) atoms. The second-order valence-corrected chi connectivity index (χ2v) is 8.36. The fraction of sp³-hybridized carbons (Fsp3) is 0.778. The van der Waals surface area contributed by atoms with Crippen LogP contribution in [-0.2, 0) is 5.41 Å². The molecule has 2 nitrogen and oxygen atoms in total. The molecule has 1 aromatic heterocycles. The van der Waals surface area contributed by atoms with Gasteiger partial charge in [0, 0.05) is 22.3 Å². The lowest BCUT2D eigenvalue weighted by molar-refractivity contribution is 0.156. The van der Waals surface area contributed by atoms with Gasteiger partial charge in [0.1, 0.15) is 0 Å². The Morgan fingerprint density at radius 2 is 1.86 bits per heavy atom. The Kier molecular flexibility index (Phi) is 7.38. The second-order valence-electron chi connectivity index (χ2n) is 7.24. The first-order chi connectivity index (χ1) is 9.81. The molecule has 3 heteroatoms. The minimum Gasteiger partial charge on any atom is -0.329 e. The quantitative estimate of drug-likeness (QED) is 0.689. The average Bonchev–Trinajstić information content (AvgIpc) is 2.87. The molecule has 2 N–H and O–H groups in total.